The monoisotopic (exact) mass is 1080 g/mol. The van der Waals surface area contributed by atoms with Gasteiger partial charge in [-0.15, -0.1) is 0 Å². The van der Waals surface area contributed by atoms with Crippen LogP contribution in [0.1, 0.15) is 104 Å². The van der Waals surface area contributed by atoms with Gasteiger partial charge in [0.25, 0.3) is 0 Å². The molecule has 3 rings (SSSR count). The molecule has 1 spiro atoms. The molecule has 0 aromatic heterocycles. The maximum absolute atomic E-state index is 14.7. The number of aromatic hydroxyl groups is 1. The molecule has 1 aliphatic carbocycles. The molecular weight excluding hydrogens is 1010 g/mol. The Morgan fingerprint density at radius 2 is 1.31 bits per heavy atom. The summed E-state index contributed by atoms with van der Waals surface area (Å²) in [7, 11) is -2.31. The second-order valence-electron chi connectivity index (χ2n) is 19.5. The Bertz CT molecular complexity index is 2330. The zero-order valence-electron chi connectivity index (χ0n) is 42.3. The standard InChI is InChI=1S/C47H71N11O16S/c1-23(2)16-28-39(64)55-29(18-25-11-12-33(59)27(48)17-25)42(67)58-47(13-7-5-8-14-47)46(73)56-31(20-34(49)60)41(66)57-37(24(3)4)43(68)51-15-9-6-10-35(61)53-32(38(50)63)21-75(74)22-36(62)52-30(40(65)54-28)19-26(44(69)70)45(71)72/h11-12,17,23-24,26,28-32,37,59H,5-10,13-16,18-22,48H2,1-4H3,(H2,49,60)(H2,50,63)(H,51,68)(H,52,62)(H,53,61)(H,54,65)(H,55,64)(H,56,73)(H,57,66)(H,58,67)(H,69,70)(H,71,72)/t28-,29-,30-,31-,32-,37-,75?/m0/s1. The van der Waals surface area contributed by atoms with Crippen molar-refractivity contribution in [1.29, 1.82) is 0 Å². The van der Waals surface area contributed by atoms with Gasteiger partial charge < -0.3 is 75.1 Å². The molecular formula is C47H71N11O16S. The molecule has 1 heterocycles. The minimum absolute atomic E-state index is 0.00707. The fourth-order valence-electron chi connectivity index (χ4n) is 8.40. The number of phenolic OH excluding ortho intramolecular Hbond substituents is 1. The van der Waals surface area contributed by atoms with E-state index in [1.165, 1.54) is 18.2 Å². The fourth-order valence-corrected chi connectivity index (χ4v) is 9.51. The highest BCUT2D eigenvalue weighted by molar-refractivity contribution is 7.85. The number of anilines is 1. The van der Waals surface area contributed by atoms with Crippen LogP contribution < -0.4 is 59.7 Å². The summed E-state index contributed by atoms with van der Waals surface area (Å²) in [5, 5.41) is 49.6. The van der Waals surface area contributed by atoms with Crippen molar-refractivity contribution in [3.63, 3.8) is 0 Å². The molecule has 75 heavy (non-hydrogen) atoms. The van der Waals surface area contributed by atoms with E-state index < -0.39 is 166 Å². The van der Waals surface area contributed by atoms with E-state index in [1.807, 2.05) is 0 Å². The van der Waals surface area contributed by atoms with Gasteiger partial charge in [-0.1, -0.05) is 53.0 Å². The van der Waals surface area contributed by atoms with Crippen LogP contribution in [-0.2, 0) is 74.8 Å². The Hall–Kier alpha value is -7.39. The lowest BCUT2D eigenvalue weighted by atomic mass is 9.80. The van der Waals surface area contributed by atoms with Crippen LogP contribution in [0.25, 0.3) is 0 Å². The first-order valence-electron chi connectivity index (χ1n) is 24.5. The molecule has 7 atom stereocenters. The number of nitrogens with two attached hydrogens (primary N) is 3. The number of primary amides is 2. The maximum Gasteiger partial charge on any atom is 0.317 e. The third kappa shape index (κ3) is 19.8. The Kier molecular flexibility index (Phi) is 23.9. The van der Waals surface area contributed by atoms with E-state index in [1.54, 1.807) is 27.7 Å². The summed E-state index contributed by atoms with van der Waals surface area (Å²) in [5.41, 5.74) is 15.4. The van der Waals surface area contributed by atoms with Crippen LogP contribution in [0.2, 0.25) is 0 Å². The number of nitrogen functional groups attached to an aromatic ring is 1. The smallest absolute Gasteiger partial charge is 0.317 e. The van der Waals surface area contributed by atoms with Crippen molar-refractivity contribution in [1.82, 2.24) is 42.5 Å². The number of carbonyl (C=O) groups excluding carboxylic acids is 10. The van der Waals surface area contributed by atoms with E-state index >= 15 is 0 Å². The lowest BCUT2D eigenvalue weighted by Crippen LogP contribution is -2.66. The molecule has 416 valence electrons. The van der Waals surface area contributed by atoms with Gasteiger partial charge >= 0.3 is 11.9 Å². The van der Waals surface area contributed by atoms with Crippen LogP contribution in [-0.4, -0.2) is 150 Å². The van der Waals surface area contributed by atoms with Crippen LogP contribution in [0.3, 0.4) is 0 Å². The van der Waals surface area contributed by atoms with Crippen LogP contribution in [0.15, 0.2) is 18.2 Å². The summed E-state index contributed by atoms with van der Waals surface area (Å²) in [6.45, 7) is 6.55. The highest BCUT2D eigenvalue weighted by Crippen LogP contribution is 2.30. The first-order valence-corrected chi connectivity index (χ1v) is 26.0. The third-order valence-electron chi connectivity index (χ3n) is 12.5. The van der Waals surface area contributed by atoms with Crippen molar-refractivity contribution in [2.75, 3.05) is 23.8 Å². The number of rotatable bonds is 12. The molecule has 1 saturated carbocycles. The molecule has 1 aromatic rings. The van der Waals surface area contributed by atoms with Gasteiger partial charge in [0.15, 0.2) is 5.92 Å². The minimum Gasteiger partial charge on any atom is -0.506 e. The minimum atomic E-state index is -2.31. The Morgan fingerprint density at radius 3 is 1.87 bits per heavy atom. The predicted molar refractivity (Wildman–Crippen MR) is 267 cm³/mol. The van der Waals surface area contributed by atoms with Gasteiger partial charge in [-0.2, -0.15) is 0 Å². The van der Waals surface area contributed by atoms with Crippen molar-refractivity contribution < 1.29 is 77.1 Å². The molecule has 27 nitrogen and oxygen atoms in total. The van der Waals surface area contributed by atoms with E-state index in [-0.39, 0.29) is 68.5 Å². The summed E-state index contributed by atoms with van der Waals surface area (Å²) in [6.07, 6.45) is -0.823. The lowest BCUT2D eigenvalue weighted by Gasteiger charge is -2.39. The second-order valence-corrected chi connectivity index (χ2v) is 21.0. The number of amides is 10. The van der Waals surface area contributed by atoms with E-state index in [0.717, 1.165) is 0 Å². The van der Waals surface area contributed by atoms with Crippen LogP contribution in [0.4, 0.5) is 5.69 Å². The molecule has 1 aromatic carbocycles. The van der Waals surface area contributed by atoms with Crippen molar-refractivity contribution in [3.8, 4) is 5.75 Å². The van der Waals surface area contributed by atoms with Gasteiger partial charge in [-0.3, -0.25) is 61.7 Å². The zero-order chi connectivity index (χ0) is 56.3. The Morgan fingerprint density at radius 1 is 0.707 bits per heavy atom. The topological polar surface area (TPSA) is 457 Å². The van der Waals surface area contributed by atoms with E-state index in [9.17, 15) is 77.1 Å². The number of phenols is 1. The molecule has 2 fully saturated rings. The van der Waals surface area contributed by atoms with Gasteiger partial charge in [0.2, 0.25) is 59.1 Å². The van der Waals surface area contributed by atoms with E-state index in [0.29, 0.717) is 19.3 Å². The van der Waals surface area contributed by atoms with Crippen LogP contribution >= 0.6 is 0 Å². The summed E-state index contributed by atoms with van der Waals surface area (Å²) >= 11 is 0. The first kappa shape index (κ1) is 61.9. The maximum atomic E-state index is 14.7. The summed E-state index contributed by atoms with van der Waals surface area (Å²) in [6, 6.07) is -5.74. The Balaban J connectivity index is 2.17. The number of hydrogen-bond donors (Lipinski definition) is 14. The molecule has 1 unspecified atom stereocenters. The highest BCUT2D eigenvalue weighted by atomic mass is 32.2. The van der Waals surface area contributed by atoms with Crippen LogP contribution in [0, 0.1) is 17.8 Å². The first-order chi connectivity index (χ1) is 35.1. The number of carbonyl (C=O) groups is 12. The second kappa shape index (κ2) is 28.9. The van der Waals surface area contributed by atoms with Crippen molar-refractivity contribution in [2.45, 2.75) is 147 Å². The number of hydrogen-bond acceptors (Lipinski definition) is 15. The number of carboxylic acids is 2. The largest absolute Gasteiger partial charge is 0.506 e. The SMILES string of the molecule is CC(C)C[C@@H]1NC(=O)[C@H](CC(C(=O)O)C(=O)O)NC(=O)CS(=O)C[C@@H](C(N)=O)NC(=O)CCCCNC(=O)[C@H](C(C)C)NC(=O)[C@H](CC(N)=O)NC(=O)C2(CCCCC2)NC(=O)[C@H](Cc2ccc(O)c(N)c2)NC1=O. The Labute approximate surface area is 434 Å². The van der Waals surface area contributed by atoms with Crippen molar-refractivity contribution in [3.05, 3.63) is 23.8 Å². The van der Waals surface area contributed by atoms with E-state index in [2.05, 4.69) is 42.5 Å². The quantitative estimate of drug-likeness (QED) is 0.0549. The number of nitrogens with one attached hydrogen (secondary N) is 8. The summed E-state index contributed by atoms with van der Waals surface area (Å²) < 4.78 is 13.2. The van der Waals surface area contributed by atoms with Gasteiger partial charge in [0.05, 0.1) is 17.9 Å². The van der Waals surface area contributed by atoms with Gasteiger partial charge in [0.1, 0.15) is 53.3 Å². The van der Waals surface area contributed by atoms with Crippen LogP contribution in [0.5, 0.6) is 5.75 Å². The van der Waals surface area contributed by atoms with Crippen molar-refractivity contribution in [2.24, 2.45) is 29.2 Å². The molecule has 2 aliphatic rings. The molecule has 10 amide bonds. The predicted octanol–water partition coefficient (Wildman–Crippen LogP) is -3.47. The molecule has 17 N–H and O–H groups in total. The average molecular weight is 1080 g/mol. The highest BCUT2D eigenvalue weighted by Gasteiger charge is 2.45. The number of benzene rings is 1. The number of aliphatic carboxylic acids is 2. The normalized spacial score (nSPS) is 24.8. The zero-order valence-corrected chi connectivity index (χ0v) is 43.1. The summed E-state index contributed by atoms with van der Waals surface area (Å²) in [4.78, 5) is 160. The molecule has 0 radical (unpaired) electrons. The van der Waals surface area contributed by atoms with E-state index in [4.69, 9.17) is 17.2 Å². The average Bonchev–Trinajstić information content (AvgIpc) is 3.31. The lowest BCUT2D eigenvalue weighted by molar-refractivity contribution is -0.155. The van der Waals surface area contributed by atoms with Crippen molar-refractivity contribution >= 4 is 87.5 Å². The number of carboxylic acid groups (broad SMARTS) is 2. The van der Waals surface area contributed by atoms with Gasteiger partial charge in [0, 0.05) is 36.6 Å². The molecule has 0 bridgehead atoms. The third-order valence-corrected chi connectivity index (χ3v) is 13.7. The molecule has 1 aliphatic heterocycles. The van der Waals surface area contributed by atoms with Gasteiger partial charge in [-0.25, -0.2) is 0 Å². The summed E-state index contributed by atoms with van der Waals surface area (Å²) in [5.74, 6) is -18.9. The fraction of sp³-hybridized carbons (Fsp3) is 0.617. The molecule has 28 heteroatoms. The van der Waals surface area contributed by atoms with Gasteiger partial charge in [-0.05, 0) is 61.6 Å². The molecule has 1 saturated heterocycles.